The number of para-hydroxylation sites is 1. The third-order valence-electron chi connectivity index (χ3n) is 3.14. The molecule has 0 aliphatic rings. The van der Waals surface area contributed by atoms with Crippen molar-refractivity contribution in [2.45, 2.75) is 6.92 Å². The molecule has 0 radical (unpaired) electrons. The molecule has 1 N–H and O–H groups in total. The fourth-order valence-electron chi connectivity index (χ4n) is 1.97. The van der Waals surface area contributed by atoms with E-state index in [1.54, 1.807) is 24.3 Å². The smallest absolute Gasteiger partial charge is 0.279 e. The Kier molecular flexibility index (Phi) is 4.70. The number of nitro benzene ring substituents is 2. The van der Waals surface area contributed by atoms with Gasteiger partial charge in [-0.25, -0.2) is 0 Å². The number of amides is 1. The van der Waals surface area contributed by atoms with Crippen LogP contribution < -0.4 is 5.32 Å². The quantitative estimate of drug-likeness (QED) is 0.639. The zero-order valence-corrected chi connectivity index (χ0v) is 13.4. The van der Waals surface area contributed by atoms with Crippen LogP contribution in [0.25, 0.3) is 0 Å². The number of carbonyl (C=O) groups excluding carboxylic acids is 1. The zero-order valence-electron chi connectivity index (χ0n) is 11.8. The Balaban J connectivity index is 2.49. The third kappa shape index (κ3) is 3.51. The molecule has 0 bridgehead atoms. The van der Waals surface area contributed by atoms with Gasteiger partial charge in [0.05, 0.1) is 27.2 Å². The van der Waals surface area contributed by atoms with Gasteiger partial charge < -0.3 is 5.32 Å². The molecule has 0 aliphatic carbocycles. The lowest BCUT2D eigenvalue weighted by atomic mass is 10.0. The highest BCUT2D eigenvalue weighted by molar-refractivity contribution is 9.10. The Morgan fingerprint density at radius 3 is 2.35 bits per heavy atom. The number of benzene rings is 2. The number of carbonyl (C=O) groups is 1. The van der Waals surface area contributed by atoms with Crippen molar-refractivity contribution in [3.8, 4) is 0 Å². The van der Waals surface area contributed by atoms with E-state index in [2.05, 4.69) is 21.2 Å². The molecule has 2 aromatic carbocycles. The summed E-state index contributed by atoms with van der Waals surface area (Å²) in [6, 6.07) is 8.65. The fourth-order valence-corrected chi connectivity index (χ4v) is 2.35. The third-order valence-corrected chi connectivity index (χ3v) is 3.83. The lowest BCUT2D eigenvalue weighted by Gasteiger charge is -2.09. The number of hydrogen-bond acceptors (Lipinski definition) is 5. The van der Waals surface area contributed by atoms with Gasteiger partial charge in [0, 0.05) is 16.1 Å². The number of nitro groups is 2. The van der Waals surface area contributed by atoms with Gasteiger partial charge in [-0.1, -0.05) is 12.1 Å². The number of nitrogens with one attached hydrogen (secondary N) is 1. The average molecular weight is 380 g/mol. The summed E-state index contributed by atoms with van der Waals surface area (Å²) in [6.45, 7) is 1.37. The van der Waals surface area contributed by atoms with Crippen molar-refractivity contribution >= 4 is 38.9 Å². The monoisotopic (exact) mass is 379 g/mol. The number of rotatable bonds is 4. The first-order valence-electron chi connectivity index (χ1n) is 6.30. The molecule has 8 nitrogen and oxygen atoms in total. The molecular weight excluding hydrogens is 370 g/mol. The molecule has 0 spiro atoms. The van der Waals surface area contributed by atoms with Gasteiger partial charge in [-0.3, -0.25) is 25.0 Å². The van der Waals surface area contributed by atoms with E-state index in [1.165, 1.54) is 6.92 Å². The van der Waals surface area contributed by atoms with E-state index in [0.717, 1.165) is 12.1 Å². The molecule has 0 aliphatic heterocycles. The minimum Gasteiger partial charge on any atom is -0.321 e. The summed E-state index contributed by atoms with van der Waals surface area (Å²) in [4.78, 5) is 32.8. The second-order valence-corrected chi connectivity index (χ2v) is 5.44. The van der Waals surface area contributed by atoms with Crippen LogP contribution in [0.5, 0.6) is 0 Å². The summed E-state index contributed by atoms with van der Waals surface area (Å²) in [5, 5.41) is 24.5. The highest BCUT2D eigenvalue weighted by Gasteiger charge is 2.24. The summed E-state index contributed by atoms with van der Waals surface area (Å²) in [6.07, 6.45) is 0. The van der Waals surface area contributed by atoms with Gasteiger partial charge in [0.2, 0.25) is 0 Å². The molecular formula is C14H10BrN3O5. The van der Waals surface area contributed by atoms with Gasteiger partial charge in [-0.15, -0.1) is 0 Å². The average Bonchev–Trinajstić information content (AvgIpc) is 2.49. The van der Waals surface area contributed by atoms with Crippen molar-refractivity contribution in [2.24, 2.45) is 0 Å². The normalized spacial score (nSPS) is 10.2. The maximum atomic E-state index is 12.4. The van der Waals surface area contributed by atoms with E-state index in [-0.39, 0.29) is 11.1 Å². The maximum Gasteiger partial charge on any atom is 0.279 e. The predicted octanol–water partition coefficient (Wildman–Crippen LogP) is 3.83. The molecule has 0 saturated carbocycles. The standard InChI is InChI=1S/C14H10BrN3O5/c1-8-10(6-9(17(20)21)7-13(8)18(22)23)14(19)16-12-5-3-2-4-11(12)15/h2-7H,1H3,(H,16,19). The molecule has 0 aromatic heterocycles. The second-order valence-electron chi connectivity index (χ2n) is 4.59. The van der Waals surface area contributed by atoms with Gasteiger partial charge in [0.25, 0.3) is 17.3 Å². The second kappa shape index (κ2) is 6.53. The molecule has 0 heterocycles. The van der Waals surface area contributed by atoms with Crippen LogP contribution >= 0.6 is 15.9 Å². The molecule has 23 heavy (non-hydrogen) atoms. The maximum absolute atomic E-state index is 12.4. The van der Waals surface area contributed by atoms with Crippen LogP contribution in [0.3, 0.4) is 0 Å². The van der Waals surface area contributed by atoms with Gasteiger partial charge >= 0.3 is 0 Å². The van der Waals surface area contributed by atoms with E-state index >= 15 is 0 Å². The van der Waals surface area contributed by atoms with E-state index in [9.17, 15) is 25.0 Å². The lowest BCUT2D eigenvalue weighted by molar-refractivity contribution is -0.394. The number of halogens is 1. The molecule has 0 saturated heterocycles. The van der Waals surface area contributed by atoms with Crippen LogP contribution in [0, 0.1) is 27.2 Å². The van der Waals surface area contributed by atoms with E-state index in [4.69, 9.17) is 0 Å². The number of nitrogens with zero attached hydrogens (tertiary/aromatic N) is 2. The SMILES string of the molecule is Cc1c(C(=O)Nc2ccccc2Br)cc([N+](=O)[O-])cc1[N+](=O)[O-]. The van der Waals surface area contributed by atoms with E-state index in [0.29, 0.717) is 10.2 Å². The zero-order chi connectivity index (χ0) is 17.1. The van der Waals surface area contributed by atoms with Crippen LogP contribution in [-0.2, 0) is 0 Å². The molecule has 0 atom stereocenters. The van der Waals surface area contributed by atoms with Crippen molar-refractivity contribution in [1.29, 1.82) is 0 Å². The summed E-state index contributed by atoms with van der Waals surface area (Å²) < 4.78 is 0.617. The van der Waals surface area contributed by atoms with Gasteiger partial charge in [0.1, 0.15) is 0 Å². The largest absolute Gasteiger partial charge is 0.321 e. The van der Waals surface area contributed by atoms with Crippen molar-refractivity contribution in [3.63, 3.8) is 0 Å². The van der Waals surface area contributed by atoms with Crippen molar-refractivity contribution < 1.29 is 14.6 Å². The molecule has 9 heteroatoms. The summed E-state index contributed by atoms with van der Waals surface area (Å²) in [7, 11) is 0. The van der Waals surface area contributed by atoms with Gasteiger partial charge in [0.15, 0.2) is 0 Å². The van der Waals surface area contributed by atoms with Crippen molar-refractivity contribution in [1.82, 2.24) is 0 Å². The molecule has 0 unspecified atom stereocenters. The van der Waals surface area contributed by atoms with Crippen molar-refractivity contribution in [3.05, 3.63) is 72.2 Å². The lowest BCUT2D eigenvalue weighted by Crippen LogP contribution is -2.15. The Morgan fingerprint density at radius 2 is 1.78 bits per heavy atom. The minimum atomic E-state index is -0.776. The molecule has 118 valence electrons. The van der Waals surface area contributed by atoms with E-state index < -0.39 is 27.1 Å². The molecule has 1 amide bonds. The summed E-state index contributed by atoms with van der Waals surface area (Å²) >= 11 is 3.26. The number of anilines is 1. The van der Waals surface area contributed by atoms with Crippen molar-refractivity contribution in [2.75, 3.05) is 5.32 Å². The first kappa shape index (κ1) is 16.6. The van der Waals surface area contributed by atoms with Crippen LogP contribution in [0.2, 0.25) is 0 Å². The molecule has 2 rings (SSSR count). The number of hydrogen-bond donors (Lipinski definition) is 1. The fraction of sp³-hybridized carbons (Fsp3) is 0.0714. The van der Waals surface area contributed by atoms with E-state index in [1.807, 2.05) is 0 Å². The summed E-state index contributed by atoms with van der Waals surface area (Å²) in [5.41, 5.74) is -0.603. The van der Waals surface area contributed by atoms with Crippen LogP contribution in [-0.4, -0.2) is 15.8 Å². The Labute approximate surface area is 138 Å². The molecule has 0 fully saturated rings. The molecule has 2 aromatic rings. The Hall–Kier alpha value is -2.81. The van der Waals surface area contributed by atoms with Gasteiger partial charge in [-0.2, -0.15) is 0 Å². The Bertz CT molecular complexity index is 822. The Morgan fingerprint density at radius 1 is 1.13 bits per heavy atom. The van der Waals surface area contributed by atoms with Crippen LogP contribution in [0.4, 0.5) is 17.1 Å². The first-order valence-corrected chi connectivity index (χ1v) is 7.10. The number of non-ortho nitro benzene ring substituents is 1. The highest BCUT2D eigenvalue weighted by Crippen LogP contribution is 2.29. The van der Waals surface area contributed by atoms with Crippen LogP contribution in [0.15, 0.2) is 40.9 Å². The van der Waals surface area contributed by atoms with Gasteiger partial charge in [-0.05, 0) is 35.0 Å². The summed E-state index contributed by atoms with van der Waals surface area (Å²) in [5.74, 6) is -0.666. The minimum absolute atomic E-state index is 0.0603. The topological polar surface area (TPSA) is 115 Å². The highest BCUT2D eigenvalue weighted by atomic mass is 79.9. The van der Waals surface area contributed by atoms with Crippen LogP contribution in [0.1, 0.15) is 15.9 Å². The first-order chi connectivity index (χ1) is 10.8. The predicted molar refractivity (Wildman–Crippen MR) is 86.6 cm³/mol.